The second kappa shape index (κ2) is 6.60. The standard InChI is InChI=1S/C14H23ClN6/c1-5-10-7-12(21(6-2)19-10)11(17-16)8-13-14(15)9(3)18-20(13)4/h7,11,17H,5-6,8,16H2,1-4H3. The summed E-state index contributed by atoms with van der Waals surface area (Å²) in [5, 5.41) is 9.63. The Kier molecular flexibility index (Phi) is 5.03. The highest BCUT2D eigenvalue weighted by Gasteiger charge is 2.21. The van der Waals surface area contributed by atoms with Gasteiger partial charge in [-0.1, -0.05) is 18.5 Å². The third-order valence-corrected chi connectivity index (χ3v) is 4.23. The van der Waals surface area contributed by atoms with Crippen molar-refractivity contribution in [1.82, 2.24) is 25.0 Å². The topological polar surface area (TPSA) is 73.7 Å². The summed E-state index contributed by atoms with van der Waals surface area (Å²) in [7, 11) is 1.90. The lowest BCUT2D eigenvalue weighted by Crippen LogP contribution is -2.32. The van der Waals surface area contributed by atoms with Crippen molar-refractivity contribution in [3.05, 3.63) is 33.9 Å². The van der Waals surface area contributed by atoms with Crippen LogP contribution in [0.1, 0.15) is 42.7 Å². The summed E-state index contributed by atoms with van der Waals surface area (Å²) in [6.45, 7) is 6.89. The molecule has 0 saturated carbocycles. The van der Waals surface area contributed by atoms with E-state index in [9.17, 15) is 0 Å². The first kappa shape index (κ1) is 16.0. The molecular weight excluding hydrogens is 288 g/mol. The molecule has 0 amide bonds. The smallest absolute Gasteiger partial charge is 0.0847 e. The first-order chi connectivity index (χ1) is 10.0. The summed E-state index contributed by atoms with van der Waals surface area (Å²) >= 11 is 6.33. The second-order valence-corrected chi connectivity index (χ2v) is 5.50. The highest BCUT2D eigenvalue weighted by atomic mass is 35.5. The maximum Gasteiger partial charge on any atom is 0.0847 e. The van der Waals surface area contributed by atoms with Crippen LogP contribution in [0.4, 0.5) is 0 Å². The van der Waals surface area contributed by atoms with Crippen LogP contribution >= 0.6 is 11.6 Å². The Balaban J connectivity index is 2.34. The molecule has 2 rings (SSSR count). The maximum absolute atomic E-state index is 6.33. The van der Waals surface area contributed by atoms with Crippen molar-refractivity contribution in [2.75, 3.05) is 0 Å². The predicted molar refractivity (Wildman–Crippen MR) is 84.0 cm³/mol. The van der Waals surface area contributed by atoms with Gasteiger partial charge in [-0.15, -0.1) is 0 Å². The number of rotatable bonds is 6. The molecule has 0 bridgehead atoms. The molecule has 0 saturated heterocycles. The van der Waals surface area contributed by atoms with Crippen LogP contribution < -0.4 is 11.3 Å². The Hall–Kier alpha value is -1.37. The molecule has 0 aliphatic carbocycles. The number of nitrogens with zero attached hydrogens (tertiary/aromatic N) is 4. The van der Waals surface area contributed by atoms with Crippen molar-refractivity contribution in [1.29, 1.82) is 0 Å². The second-order valence-electron chi connectivity index (χ2n) is 5.12. The largest absolute Gasteiger partial charge is 0.271 e. The molecule has 21 heavy (non-hydrogen) atoms. The molecule has 2 aromatic rings. The first-order valence-electron chi connectivity index (χ1n) is 7.22. The number of hydrazine groups is 1. The van der Waals surface area contributed by atoms with Gasteiger partial charge in [-0.2, -0.15) is 10.2 Å². The van der Waals surface area contributed by atoms with E-state index in [0.29, 0.717) is 11.4 Å². The molecular formula is C14H23ClN6. The number of nitrogens with one attached hydrogen (secondary N) is 1. The Morgan fingerprint density at radius 1 is 1.38 bits per heavy atom. The monoisotopic (exact) mass is 310 g/mol. The van der Waals surface area contributed by atoms with Gasteiger partial charge >= 0.3 is 0 Å². The zero-order valence-corrected chi connectivity index (χ0v) is 13.8. The summed E-state index contributed by atoms with van der Waals surface area (Å²) in [5.41, 5.74) is 6.83. The van der Waals surface area contributed by atoms with Crippen LogP contribution in [0.5, 0.6) is 0 Å². The van der Waals surface area contributed by atoms with Crippen molar-refractivity contribution in [3.8, 4) is 0 Å². The predicted octanol–water partition coefficient (Wildman–Crippen LogP) is 1.91. The highest BCUT2D eigenvalue weighted by Crippen LogP contribution is 2.25. The van der Waals surface area contributed by atoms with E-state index in [1.54, 1.807) is 0 Å². The number of aromatic nitrogens is 4. The van der Waals surface area contributed by atoms with Gasteiger partial charge in [0.15, 0.2) is 0 Å². The number of aryl methyl sites for hydroxylation is 4. The van der Waals surface area contributed by atoms with Crippen LogP contribution in [0.3, 0.4) is 0 Å². The molecule has 0 aliphatic rings. The molecule has 0 aliphatic heterocycles. The Labute approximate surface area is 130 Å². The molecule has 116 valence electrons. The maximum atomic E-state index is 6.33. The van der Waals surface area contributed by atoms with E-state index in [0.717, 1.165) is 35.7 Å². The lowest BCUT2D eigenvalue weighted by molar-refractivity contribution is 0.478. The number of halogens is 1. The zero-order valence-electron chi connectivity index (χ0n) is 13.0. The minimum Gasteiger partial charge on any atom is -0.271 e. The Morgan fingerprint density at radius 2 is 2.10 bits per heavy atom. The third kappa shape index (κ3) is 3.12. The van der Waals surface area contributed by atoms with E-state index >= 15 is 0 Å². The van der Waals surface area contributed by atoms with E-state index in [2.05, 4.69) is 35.5 Å². The van der Waals surface area contributed by atoms with E-state index in [1.165, 1.54) is 0 Å². The fourth-order valence-corrected chi connectivity index (χ4v) is 2.77. The van der Waals surface area contributed by atoms with Crippen molar-refractivity contribution in [2.45, 2.75) is 46.2 Å². The Morgan fingerprint density at radius 3 is 2.57 bits per heavy atom. The Bertz CT molecular complexity index is 615. The molecule has 1 unspecified atom stereocenters. The zero-order chi connectivity index (χ0) is 15.6. The van der Waals surface area contributed by atoms with E-state index in [-0.39, 0.29) is 6.04 Å². The molecule has 7 heteroatoms. The SMILES string of the molecule is CCc1cc(C(Cc2c(Cl)c(C)nn2C)NN)n(CC)n1. The van der Waals surface area contributed by atoms with Gasteiger partial charge in [-0.05, 0) is 26.3 Å². The van der Waals surface area contributed by atoms with Crippen molar-refractivity contribution in [3.63, 3.8) is 0 Å². The molecule has 1 atom stereocenters. The fraction of sp³-hybridized carbons (Fsp3) is 0.571. The van der Waals surface area contributed by atoms with Gasteiger partial charge in [0.05, 0.1) is 33.8 Å². The lowest BCUT2D eigenvalue weighted by Gasteiger charge is -2.17. The summed E-state index contributed by atoms with van der Waals surface area (Å²) in [4.78, 5) is 0. The summed E-state index contributed by atoms with van der Waals surface area (Å²) in [6.07, 6.45) is 1.57. The number of nitrogens with two attached hydrogens (primary N) is 1. The molecule has 0 radical (unpaired) electrons. The quantitative estimate of drug-likeness (QED) is 0.631. The molecule has 0 spiro atoms. The van der Waals surface area contributed by atoms with Gasteiger partial charge in [-0.3, -0.25) is 20.6 Å². The first-order valence-corrected chi connectivity index (χ1v) is 7.60. The summed E-state index contributed by atoms with van der Waals surface area (Å²) in [6, 6.07) is 2.05. The van der Waals surface area contributed by atoms with Gasteiger partial charge in [0, 0.05) is 20.0 Å². The van der Waals surface area contributed by atoms with E-state index in [4.69, 9.17) is 17.4 Å². The van der Waals surface area contributed by atoms with Gasteiger partial charge in [0.25, 0.3) is 0 Å². The minimum atomic E-state index is -0.0509. The molecule has 3 N–H and O–H groups in total. The van der Waals surface area contributed by atoms with Gasteiger partial charge < -0.3 is 0 Å². The minimum absolute atomic E-state index is 0.0509. The average Bonchev–Trinajstić information content (AvgIpc) is 2.99. The molecule has 6 nitrogen and oxygen atoms in total. The average molecular weight is 311 g/mol. The summed E-state index contributed by atoms with van der Waals surface area (Å²) < 4.78 is 3.80. The molecule has 2 heterocycles. The fourth-order valence-electron chi connectivity index (χ4n) is 2.54. The normalized spacial score (nSPS) is 12.9. The molecule has 0 aromatic carbocycles. The lowest BCUT2D eigenvalue weighted by atomic mass is 10.1. The van der Waals surface area contributed by atoms with Gasteiger partial charge in [0.1, 0.15) is 0 Å². The third-order valence-electron chi connectivity index (χ3n) is 3.74. The van der Waals surface area contributed by atoms with Crippen LogP contribution in [-0.2, 0) is 26.4 Å². The van der Waals surface area contributed by atoms with Crippen LogP contribution in [0.2, 0.25) is 5.02 Å². The van der Waals surface area contributed by atoms with Gasteiger partial charge in [-0.25, -0.2) is 0 Å². The van der Waals surface area contributed by atoms with Crippen molar-refractivity contribution < 1.29 is 0 Å². The van der Waals surface area contributed by atoms with Crippen LogP contribution in [0, 0.1) is 6.92 Å². The van der Waals surface area contributed by atoms with E-state index in [1.807, 2.05) is 23.3 Å². The van der Waals surface area contributed by atoms with Crippen LogP contribution in [0.25, 0.3) is 0 Å². The molecule has 2 aromatic heterocycles. The van der Waals surface area contributed by atoms with Crippen LogP contribution in [-0.4, -0.2) is 19.6 Å². The van der Waals surface area contributed by atoms with E-state index < -0.39 is 0 Å². The van der Waals surface area contributed by atoms with Crippen molar-refractivity contribution >= 4 is 11.6 Å². The van der Waals surface area contributed by atoms with Crippen molar-refractivity contribution in [2.24, 2.45) is 12.9 Å². The number of hydrogen-bond acceptors (Lipinski definition) is 4. The number of hydrogen-bond donors (Lipinski definition) is 2. The van der Waals surface area contributed by atoms with Gasteiger partial charge in [0.2, 0.25) is 0 Å². The van der Waals surface area contributed by atoms with Crippen LogP contribution in [0.15, 0.2) is 6.07 Å². The highest BCUT2D eigenvalue weighted by molar-refractivity contribution is 6.31. The summed E-state index contributed by atoms with van der Waals surface area (Å²) in [5.74, 6) is 5.77. The molecule has 0 fully saturated rings.